The van der Waals surface area contributed by atoms with Crippen LogP contribution in [0.15, 0.2) is 0 Å². The first-order chi connectivity index (χ1) is 2.94. The summed E-state index contributed by atoms with van der Waals surface area (Å²) in [6.45, 7) is 0. The summed E-state index contributed by atoms with van der Waals surface area (Å²) in [6.07, 6.45) is -4.81. The third-order valence-corrected chi connectivity index (χ3v) is 0.485. The Hall–Kier alpha value is -0.0465. The first-order valence-electron chi connectivity index (χ1n) is 1.18. The summed E-state index contributed by atoms with van der Waals surface area (Å²) in [5.74, 6) is 0. The monoisotopic (exact) mass is 155 g/mol. The molecule has 0 saturated carbocycles. The Morgan fingerprint density at radius 3 is 1.57 bits per heavy atom. The average molecular weight is 156 g/mol. The maximum absolute atomic E-state index is 10.7. The van der Waals surface area contributed by atoms with Crippen molar-refractivity contribution in [1.82, 2.24) is 0 Å². The van der Waals surface area contributed by atoms with Crippen LogP contribution in [0.1, 0.15) is 0 Å². The first kappa shape index (κ1) is 6.95. The van der Waals surface area contributed by atoms with E-state index in [-0.39, 0.29) is 0 Å². The molecule has 0 N–H and O–H groups in total. The standard InChI is InChI=1S/C2F3O.Ni/c3-2(4,5)1-6;. The molecule has 0 aromatic carbocycles. The molecule has 0 unspecified atom stereocenters. The third kappa shape index (κ3) is 2.63. The van der Waals surface area contributed by atoms with Crippen molar-refractivity contribution >= 4 is 4.75 Å². The summed E-state index contributed by atoms with van der Waals surface area (Å²) in [6, 6.07) is 0. The molecule has 1 nitrogen and oxygen atoms in total. The Balaban J connectivity index is 3.79. The molecule has 0 fully saturated rings. The number of halogens is 3. The van der Waals surface area contributed by atoms with E-state index in [4.69, 9.17) is 0 Å². The summed E-state index contributed by atoms with van der Waals surface area (Å²) < 4.78 is 30.1. The minimum absolute atomic E-state index is 2.13. The summed E-state index contributed by atoms with van der Waals surface area (Å²) in [5.41, 5.74) is 0. The van der Waals surface area contributed by atoms with Crippen molar-refractivity contribution in [3.8, 4) is 0 Å². The van der Waals surface area contributed by atoms with E-state index in [1.54, 1.807) is 0 Å². The zero-order chi connectivity index (χ0) is 6.08. The molecule has 0 saturated heterocycles. The van der Waals surface area contributed by atoms with E-state index < -0.39 is 10.9 Å². The summed E-state index contributed by atoms with van der Waals surface area (Å²) in [5, 5.41) is 0. The van der Waals surface area contributed by atoms with Crippen LogP contribution in [0.25, 0.3) is 0 Å². The predicted octanol–water partition coefficient (Wildman–Crippen LogP) is 0.622. The molecule has 0 aromatic rings. The van der Waals surface area contributed by atoms with Gasteiger partial charge in [0.25, 0.3) is 0 Å². The van der Waals surface area contributed by atoms with E-state index in [0.717, 1.165) is 0 Å². The molecule has 0 bridgehead atoms. The normalized spacial score (nSPS) is 11.6. The second-order valence-electron chi connectivity index (χ2n) is 0.743. The minimum atomic E-state index is -4.81. The molecule has 0 atom stereocenters. The average Bonchev–Trinajstić information content (AvgIpc) is 1.31. The Kier molecular flexibility index (Phi) is 1.81. The fourth-order valence-corrected chi connectivity index (χ4v) is 0. The topological polar surface area (TPSA) is 17.1 Å². The Labute approximate surface area is 45.2 Å². The van der Waals surface area contributed by atoms with Gasteiger partial charge in [-0.15, -0.1) is 0 Å². The van der Waals surface area contributed by atoms with Crippen molar-refractivity contribution in [3.63, 3.8) is 0 Å². The van der Waals surface area contributed by atoms with E-state index in [1.807, 2.05) is 0 Å². The maximum atomic E-state index is 10.7. The zero-order valence-corrected chi connectivity index (χ0v) is 3.85. The molecule has 0 rings (SSSR count). The third-order valence-electron chi connectivity index (χ3n) is 0.205. The van der Waals surface area contributed by atoms with E-state index in [9.17, 15) is 18.0 Å². The fourth-order valence-electron chi connectivity index (χ4n) is 0. The van der Waals surface area contributed by atoms with Crippen molar-refractivity contribution in [2.45, 2.75) is 6.18 Å². The SMILES string of the molecule is O=[C]([Ni])C(F)(F)F. The molecule has 0 aliphatic heterocycles. The molecular formula is C2F3NiO. The van der Waals surface area contributed by atoms with E-state index >= 15 is 0 Å². The van der Waals surface area contributed by atoms with Crippen LogP contribution < -0.4 is 0 Å². The number of hydrogen-bond donors (Lipinski definition) is 0. The Morgan fingerprint density at radius 2 is 1.57 bits per heavy atom. The quantitative estimate of drug-likeness (QED) is 0.469. The van der Waals surface area contributed by atoms with Gasteiger partial charge in [-0.25, -0.2) is 0 Å². The van der Waals surface area contributed by atoms with Gasteiger partial charge in [-0.05, 0) is 0 Å². The van der Waals surface area contributed by atoms with Crippen molar-refractivity contribution in [1.29, 1.82) is 0 Å². The Bertz CT molecular complexity index is 85.4. The Morgan fingerprint density at radius 1 is 1.43 bits per heavy atom. The molecule has 0 radical (unpaired) electrons. The van der Waals surface area contributed by atoms with Crippen LogP contribution in [0, 0.1) is 0 Å². The number of alkyl halides is 3. The molecule has 45 valence electrons. The summed E-state index contributed by atoms with van der Waals surface area (Å²) in [4.78, 5) is 9.17. The fraction of sp³-hybridized carbons (Fsp3) is 0.500. The van der Waals surface area contributed by atoms with Crippen LogP contribution in [0.3, 0.4) is 0 Å². The molecule has 0 spiro atoms. The molecule has 0 aliphatic rings. The first-order valence-corrected chi connectivity index (χ1v) is 1.67. The summed E-state index contributed by atoms with van der Waals surface area (Å²) in [7, 11) is 0. The second kappa shape index (κ2) is 1.82. The number of rotatable bonds is 0. The molecule has 0 aromatic heterocycles. The van der Waals surface area contributed by atoms with Gasteiger partial charge in [-0.1, -0.05) is 0 Å². The summed E-state index contributed by atoms with van der Waals surface area (Å²) >= 11 is 2.98. The van der Waals surface area contributed by atoms with Crippen LogP contribution in [0.5, 0.6) is 0 Å². The van der Waals surface area contributed by atoms with Gasteiger partial charge in [0.2, 0.25) is 0 Å². The van der Waals surface area contributed by atoms with Crippen LogP contribution >= 0.6 is 0 Å². The second-order valence-corrected chi connectivity index (χ2v) is 1.19. The van der Waals surface area contributed by atoms with Crippen molar-refractivity contribution < 1.29 is 33.4 Å². The van der Waals surface area contributed by atoms with Crippen molar-refractivity contribution in [2.24, 2.45) is 0 Å². The van der Waals surface area contributed by atoms with Crippen LogP contribution in [-0.2, 0) is 20.3 Å². The van der Waals surface area contributed by atoms with Crippen molar-refractivity contribution in [3.05, 3.63) is 0 Å². The number of hydrogen-bond acceptors (Lipinski definition) is 1. The van der Waals surface area contributed by atoms with Crippen LogP contribution in [0.4, 0.5) is 13.2 Å². The van der Waals surface area contributed by atoms with E-state index in [0.29, 0.717) is 0 Å². The van der Waals surface area contributed by atoms with Gasteiger partial charge >= 0.3 is 44.4 Å². The number of carbonyl (C=O) groups is 1. The predicted molar refractivity (Wildman–Crippen MR) is 11.1 cm³/mol. The molecule has 5 heteroatoms. The molecule has 7 heavy (non-hydrogen) atoms. The van der Waals surface area contributed by atoms with Gasteiger partial charge < -0.3 is 0 Å². The van der Waals surface area contributed by atoms with Gasteiger partial charge in [-0.2, -0.15) is 0 Å². The van der Waals surface area contributed by atoms with Crippen LogP contribution in [-0.4, -0.2) is 10.9 Å². The van der Waals surface area contributed by atoms with Gasteiger partial charge in [0.05, 0.1) is 0 Å². The van der Waals surface area contributed by atoms with Gasteiger partial charge in [0.15, 0.2) is 0 Å². The van der Waals surface area contributed by atoms with Gasteiger partial charge in [-0.3, -0.25) is 0 Å². The van der Waals surface area contributed by atoms with Crippen LogP contribution in [0.2, 0.25) is 0 Å². The van der Waals surface area contributed by atoms with Gasteiger partial charge in [0.1, 0.15) is 0 Å². The zero-order valence-electron chi connectivity index (χ0n) is 2.86. The molecule has 0 heterocycles. The molecule has 0 amide bonds. The van der Waals surface area contributed by atoms with E-state index in [1.165, 1.54) is 0 Å². The van der Waals surface area contributed by atoms with Crippen molar-refractivity contribution in [2.75, 3.05) is 0 Å². The van der Waals surface area contributed by atoms with Gasteiger partial charge in [0, 0.05) is 0 Å². The number of carbonyl (C=O) groups excluding carboxylic acids is 1. The molecule has 0 aliphatic carbocycles. The molecular weight excluding hydrogens is 156 g/mol. The van der Waals surface area contributed by atoms with E-state index in [2.05, 4.69) is 15.5 Å².